The van der Waals surface area contributed by atoms with Gasteiger partial charge >= 0.3 is 5.69 Å². The maximum Gasteiger partial charge on any atom is 0.331 e. The van der Waals surface area contributed by atoms with Crippen molar-refractivity contribution in [2.24, 2.45) is 0 Å². The van der Waals surface area contributed by atoms with E-state index in [2.05, 4.69) is 5.32 Å². The second kappa shape index (κ2) is 7.90. The fourth-order valence-electron chi connectivity index (χ4n) is 3.13. The quantitative estimate of drug-likeness (QED) is 0.714. The van der Waals surface area contributed by atoms with Crippen molar-refractivity contribution in [3.63, 3.8) is 0 Å². The van der Waals surface area contributed by atoms with Crippen molar-refractivity contribution in [2.45, 2.75) is 20.0 Å². The Balaban J connectivity index is 2.02. The number of nitrogens with one attached hydrogen (secondary N) is 1. The van der Waals surface area contributed by atoms with E-state index in [1.54, 1.807) is 49.4 Å². The molecule has 0 unspecified atom stereocenters. The largest absolute Gasteiger partial charge is 0.376 e. The monoisotopic (exact) mass is 400 g/mol. The Kier molecular flexibility index (Phi) is 5.56. The summed E-state index contributed by atoms with van der Waals surface area (Å²) in [6.45, 7) is 1.72. The zero-order valence-electron chi connectivity index (χ0n) is 15.9. The lowest BCUT2D eigenvalue weighted by Crippen LogP contribution is -2.41. The van der Waals surface area contributed by atoms with Gasteiger partial charge in [-0.1, -0.05) is 23.7 Å². The van der Waals surface area contributed by atoms with E-state index in [-0.39, 0.29) is 24.6 Å². The molecular formula is C20H21ClN4O3. The molecule has 1 heterocycles. The summed E-state index contributed by atoms with van der Waals surface area (Å²) in [6, 6.07) is 12.0. The molecule has 1 amide bonds. The maximum atomic E-state index is 12.8. The van der Waals surface area contributed by atoms with E-state index >= 15 is 0 Å². The number of halogens is 1. The zero-order chi connectivity index (χ0) is 20.4. The summed E-state index contributed by atoms with van der Waals surface area (Å²) >= 11 is 6.06. The second-order valence-electron chi connectivity index (χ2n) is 6.54. The number of carbonyl (C=O) groups is 1. The van der Waals surface area contributed by atoms with Crippen LogP contribution < -0.4 is 21.5 Å². The number of fused-ring (bicyclic) bond motifs is 1. The summed E-state index contributed by atoms with van der Waals surface area (Å²) in [5.41, 5.74) is 0.887. The predicted octanol–water partition coefficient (Wildman–Crippen LogP) is 2.54. The first-order valence-electron chi connectivity index (χ1n) is 8.82. The predicted molar refractivity (Wildman–Crippen MR) is 113 cm³/mol. The van der Waals surface area contributed by atoms with Crippen LogP contribution in [0.2, 0.25) is 5.02 Å². The highest BCUT2D eigenvalue weighted by Gasteiger charge is 2.16. The summed E-state index contributed by atoms with van der Waals surface area (Å²) in [5.74, 6) is -0.390. The van der Waals surface area contributed by atoms with E-state index in [0.717, 1.165) is 10.3 Å². The summed E-state index contributed by atoms with van der Waals surface area (Å²) < 4.78 is 2.44. The molecule has 0 bridgehead atoms. The third-order valence-corrected chi connectivity index (χ3v) is 4.70. The van der Waals surface area contributed by atoms with Gasteiger partial charge in [-0.3, -0.25) is 18.7 Å². The SMILES string of the molecule is CCn1c(=O)c2ccccc2n(CC(=O)Nc2cc(Cl)ccc2N(C)C)c1=O. The molecule has 3 rings (SSSR count). The van der Waals surface area contributed by atoms with Gasteiger partial charge in [0.2, 0.25) is 5.91 Å². The normalized spacial score (nSPS) is 10.9. The number of rotatable bonds is 5. The molecule has 0 fully saturated rings. The standard InChI is InChI=1S/C20H21ClN4O3/c1-4-24-19(27)14-7-5-6-8-16(14)25(20(24)28)12-18(26)22-15-11-13(21)9-10-17(15)23(2)3/h5-11H,4,12H2,1-3H3,(H,22,26). The van der Waals surface area contributed by atoms with Crippen LogP contribution in [0.5, 0.6) is 0 Å². The van der Waals surface area contributed by atoms with Crippen LogP contribution in [0.1, 0.15) is 6.92 Å². The molecule has 8 heteroatoms. The van der Waals surface area contributed by atoms with Crippen molar-refractivity contribution >= 4 is 39.8 Å². The molecule has 0 aliphatic heterocycles. The number of nitrogens with zero attached hydrogens (tertiary/aromatic N) is 3. The minimum atomic E-state index is -0.514. The molecule has 28 heavy (non-hydrogen) atoms. The van der Waals surface area contributed by atoms with Gasteiger partial charge in [-0.15, -0.1) is 0 Å². The molecule has 2 aromatic carbocycles. The molecule has 3 aromatic rings. The number of para-hydroxylation sites is 1. The first-order chi connectivity index (χ1) is 13.3. The molecule has 0 saturated heterocycles. The van der Waals surface area contributed by atoms with E-state index in [9.17, 15) is 14.4 Å². The van der Waals surface area contributed by atoms with Crippen molar-refractivity contribution in [2.75, 3.05) is 24.3 Å². The molecule has 0 atom stereocenters. The molecule has 1 aromatic heterocycles. The number of aromatic nitrogens is 2. The summed E-state index contributed by atoms with van der Waals surface area (Å²) in [5, 5.41) is 3.70. The van der Waals surface area contributed by atoms with Gasteiger partial charge in [0.15, 0.2) is 0 Å². The number of benzene rings is 2. The lowest BCUT2D eigenvalue weighted by molar-refractivity contribution is -0.116. The highest BCUT2D eigenvalue weighted by molar-refractivity contribution is 6.31. The first-order valence-corrected chi connectivity index (χ1v) is 9.20. The van der Waals surface area contributed by atoms with Gasteiger partial charge in [0.25, 0.3) is 5.56 Å². The highest BCUT2D eigenvalue weighted by Crippen LogP contribution is 2.27. The van der Waals surface area contributed by atoms with Crippen molar-refractivity contribution in [1.29, 1.82) is 0 Å². The van der Waals surface area contributed by atoms with Crippen LogP contribution >= 0.6 is 11.6 Å². The molecule has 0 saturated carbocycles. The Hall–Kier alpha value is -3.06. The second-order valence-corrected chi connectivity index (χ2v) is 6.98. The Morgan fingerprint density at radius 3 is 2.50 bits per heavy atom. The van der Waals surface area contributed by atoms with Gasteiger partial charge in [-0.05, 0) is 37.3 Å². The van der Waals surface area contributed by atoms with Crippen LogP contribution in [-0.4, -0.2) is 29.1 Å². The molecule has 0 radical (unpaired) electrons. The number of hydrogen-bond donors (Lipinski definition) is 1. The Morgan fingerprint density at radius 1 is 1.11 bits per heavy atom. The van der Waals surface area contributed by atoms with Crippen LogP contribution in [-0.2, 0) is 17.9 Å². The smallest absolute Gasteiger partial charge is 0.331 e. The highest BCUT2D eigenvalue weighted by atomic mass is 35.5. The topological polar surface area (TPSA) is 76.3 Å². The van der Waals surface area contributed by atoms with Gasteiger partial charge in [0, 0.05) is 25.7 Å². The number of carbonyl (C=O) groups excluding carboxylic acids is 1. The third-order valence-electron chi connectivity index (χ3n) is 4.46. The van der Waals surface area contributed by atoms with Crippen LogP contribution in [0.25, 0.3) is 10.9 Å². The van der Waals surface area contributed by atoms with Gasteiger partial charge in [0.1, 0.15) is 6.54 Å². The van der Waals surface area contributed by atoms with Crippen molar-refractivity contribution in [3.8, 4) is 0 Å². The molecular weight excluding hydrogens is 380 g/mol. The lowest BCUT2D eigenvalue weighted by atomic mass is 10.2. The fourth-order valence-corrected chi connectivity index (χ4v) is 3.31. The van der Waals surface area contributed by atoms with Crippen molar-refractivity contribution in [1.82, 2.24) is 9.13 Å². The van der Waals surface area contributed by atoms with Crippen LogP contribution in [0.3, 0.4) is 0 Å². The Bertz CT molecular complexity index is 1160. The minimum Gasteiger partial charge on any atom is -0.376 e. The van der Waals surface area contributed by atoms with Crippen LogP contribution in [0.4, 0.5) is 11.4 Å². The van der Waals surface area contributed by atoms with Crippen molar-refractivity contribution in [3.05, 3.63) is 68.3 Å². The lowest BCUT2D eigenvalue weighted by Gasteiger charge is -2.19. The van der Waals surface area contributed by atoms with Crippen LogP contribution in [0.15, 0.2) is 52.1 Å². The summed E-state index contributed by atoms with van der Waals surface area (Å²) in [4.78, 5) is 39.8. The van der Waals surface area contributed by atoms with Gasteiger partial charge in [0.05, 0.1) is 22.3 Å². The zero-order valence-corrected chi connectivity index (χ0v) is 16.7. The van der Waals surface area contributed by atoms with Gasteiger partial charge < -0.3 is 10.2 Å². The first kappa shape index (κ1) is 19.7. The molecule has 0 spiro atoms. The average molecular weight is 401 g/mol. The van der Waals surface area contributed by atoms with E-state index in [1.165, 1.54) is 4.57 Å². The van der Waals surface area contributed by atoms with E-state index in [1.807, 2.05) is 19.0 Å². The molecule has 1 N–H and O–H groups in total. The third kappa shape index (κ3) is 3.66. The fraction of sp³-hybridized carbons (Fsp3) is 0.250. The number of amides is 1. The van der Waals surface area contributed by atoms with Crippen molar-refractivity contribution < 1.29 is 4.79 Å². The van der Waals surface area contributed by atoms with Gasteiger partial charge in [-0.25, -0.2) is 4.79 Å². The Morgan fingerprint density at radius 2 is 1.82 bits per heavy atom. The number of anilines is 2. The average Bonchev–Trinajstić information content (AvgIpc) is 2.65. The minimum absolute atomic E-state index is 0.223. The van der Waals surface area contributed by atoms with E-state index in [4.69, 9.17) is 11.6 Å². The summed E-state index contributed by atoms with van der Waals surface area (Å²) in [6.07, 6.45) is 0. The van der Waals surface area contributed by atoms with E-state index in [0.29, 0.717) is 21.6 Å². The van der Waals surface area contributed by atoms with Gasteiger partial charge in [-0.2, -0.15) is 0 Å². The van der Waals surface area contributed by atoms with Crippen LogP contribution in [0, 0.1) is 0 Å². The molecule has 146 valence electrons. The molecule has 0 aliphatic rings. The molecule has 7 nitrogen and oxygen atoms in total. The maximum absolute atomic E-state index is 12.8. The van der Waals surface area contributed by atoms with E-state index < -0.39 is 5.69 Å². The molecule has 0 aliphatic carbocycles. The Labute approximate surface area is 166 Å². The number of hydrogen-bond acceptors (Lipinski definition) is 4. The summed E-state index contributed by atoms with van der Waals surface area (Å²) in [7, 11) is 3.71.